The summed E-state index contributed by atoms with van der Waals surface area (Å²) < 4.78 is 0. The summed E-state index contributed by atoms with van der Waals surface area (Å²) in [5.41, 5.74) is 5.48. The molecule has 38 heavy (non-hydrogen) atoms. The van der Waals surface area contributed by atoms with Crippen LogP contribution in [-0.4, -0.2) is 135 Å². The molecule has 0 unspecified atom stereocenters. The number of β-amino-alcohol motifs (C(OH)–C–C–N with tert-alkyl or cyclic N) is 1. The van der Waals surface area contributed by atoms with Gasteiger partial charge in [0.1, 0.15) is 24.2 Å². The lowest BCUT2D eigenvalue weighted by Gasteiger charge is -2.31. The van der Waals surface area contributed by atoms with Crippen LogP contribution in [0.3, 0.4) is 0 Å². The molecule has 14 heteroatoms. The smallest absolute Gasteiger partial charge is 0.326 e. The molecule has 4 aliphatic rings. The predicted octanol–water partition coefficient (Wildman–Crippen LogP) is -2.92. The van der Waals surface area contributed by atoms with Crippen LogP contribution < -0.4 is 11.1 Å². The first-order valence-corrected chi connectivity index (χ1v) is 13.2. The molecule has 0 aliphatic carbocycles. The SMILES string of the molecule is NCC(=O)N1CCC[C@H]1C(=O)N1CCC[C@H]1C(=O)NCC(=O)N1CCC[C@H]1C(=O)N1C[C@H](O)C[C@H]1C(=O)O. The third kappa shape index (κ3) is 5.46. The minimum Gasteiger partial charge on any atom is -0.480 e. The van der Waals surface area contributed by atoms with Crippen molar-refractivity contribution in [2.75, 3.05) is 39.3 Å². The van der Waals surface area contributed by atoms with E-state index in [9.17, 15) is 39.0 Å². The van der Waals surface area contributed by atoms with Gasteiger partial charge in [-0.3, -0.25) is 24.0 Å². The van der Waals surface area contributed by atoms with Crippen molar-refractivity contribution in [3.05, 3.63) is 0 Å². The number of hydrogen-bond acceptors (Lipinski definition) is 8. The van der Waals surface area contributed by atoms with Gasteiger partial charge in [-0.05, 0) is 38.5 Å². The number of rotatable bonds is 7. The molecule has 5 N–H and O–H groups in total. The first-order valence-electron chi connectivity index (χ1n) is 13.2. The highest BCUT2D eigenvalue weighted by Crippen LogP contribution is 2.27. The largest absolute Gasteiger partial charge is 0.480 e. The summed E-state index contributed by atoms with van der Waals surface area (Å²) in [6.07, 6.45) is 2.15. The van der Waals surface area contributed by atoms with Gasteiger partial charge in [0.15, 0.2) is 0 Å². The lowest BCUT2D eigenvalue weighted by Crippen LogP contribution is -2.55. The van der Waals surface area contributed by atoms with Crippen molar-refractivity contribution in [2.24, 2.45) is 5.73 Å². The van der Waals surface area contributed by atoms with Crippen LogP contribution in [0.1, 0.15) is 44.9 Å². The van der Waals surface area contributed by atoms with E-state index in [2.05, 4.69) is 5.32 Å². The molecule has 0 radical (unpaired) electrons. The Morgan fingerprint density at radius 2 is 1.26 bits per heavy atom. The standard InChI is InChI=1S/C24H36N6O8/c25-11-19(32)27-7-2-5-16(27)22(35)29-9-1-4-15(29)21(34)26-12-20(33)28-8-3-6-17(28)23(36)30-13-14(31)10-18(30)24(37)38/h14-18,31H,1-13,25H2,(H,26,34)(H,37,38)/t14-,15+,16+,17+,18+/m1/s1. The molecule has 0 spiro atoms. The van der Waals surface area contributed by atoms with Gasteiger partial charge in [-0.1, -0.05) is 0 Å². The lowest BCUT2D eigenvalue weighted by molar-refractivity contribution is -0.151. The number of amides is 5. The average Bonchev–Trinajstić information content (AvgIpc) is 3.71. The van der Waals surface area contributed by atoms with Gasteiger partial charge in [0.25, 0.3) is 0 Å². The van der Waals surface area contributed by atoms with Crippen LogP contribution >= 0.6 is 0 Å². The van der Waals surface area contributed by atoms with E-state index in [-0.39, 0.29) is 37.9 Å². The second-order valence-corrected chi connectivity index (χ2v) is 10.3. The first-order chi connectivity index (χ1) is 18.1. The normalized spacial score (nSPS) is 29.2. The van der Waals surface area contributed by atoms with Crippen LogP contribution in [0.15, 0.2) is 0 Å². The number of aliphatic hydroxyl groups is 1. The van der Waals surface area contributed by atoms with Crippen molar-refractivity contribution in [1.29, 1.82) is 0 Å². The van der Waals surface area contributed by atoms with E-state index in [1.54, 1.807) is 0 Å². The Balaban J connectivity index is 1.34. The van der Waals surface area contributed by atoms with Crippen LogP contribution in [0.4, 0.5) is 0 Å². The Labute approximate surface area is 220 Å². The molecular formula is C24H36N6O8. The van der Waals surface area contributed by atoms with Crippen LogP contribution in [0.5, 0.6) is 0 Å². The highest BCUT2D eigenvalue weighted by Gasteiger charge is 2.45. The Kier molecular flexibility index (Phi) is 8.51. The van der Waals surface area contributed by atoms with Gasteiger partial charge in [-0.25, -0.2) is 4.79 Å². The Hall–Kier alpha value is -3.26. The lowest BCUT2D eigenvalue weighted by atomic mass is 10.1. The van der Waals surface area contributed by atoms with E-state index in [0.29, 0.717) is 58.2 Å². The zero-order chi connectivity index (χ0) is 27.6. The van der Waals surface area contributed by atoms with E-state index >= 15 is 0 Å². The molecule has 4 aliphatic heterocycles. The van der Waals surface area contributed by atoms with Gasteiger partial charge in [0, 0.05) is 32.6 Å². The quantitative estimate of drug-likeness (QED) is 0.264. The van der Waals surface area contributed by atoms with Gasteiger partial charge >= 0.3 is 5.97 Å². The second kappa shape index (κ2) is 11.6. The summed E-state index contributed by atoms with van der Waals surface area (Å²) in [6, 6.07) is -3.40. The maximum Gasteiger partial charge on any atom is 0.326 e. The monoisotopic (exact) mass is 536 g/mol. The average molecular weight is 537 g/mol. The maximum absolute atomic E-state index is 13.2. The Morgan fingerprint density at radius 3 is 1.84 bits per heavy atom. The fourth-order valence-corrected chi connectivity index (χ4v) is 6.12. The minimum atomic E-state index is -1.21. The first kappa shape index (κ1) is 27.8. The summed E-state index contributed by atoms with van der Waals surface area (Å²) in [5, 5.41) is 21.9. The van der Waals surface area contributed by atoms with Crippen LogP contribution in [0.25, 0.3) is 0 Å². The van der Waals surface area contributed by atoms with Crippen LogP contribution in [0.2, 0.25) is 0 Å². The molecule has 4 fully saturated rings. The summed E-state index contributed by atoms with van der Waals surface area (Å²) >= 11 is 0. The molecule has 210 valence electrons. The van der Waals surface area contributed by atoms with Crippen LogP contribution in [-0.2, 0) is 28.8 Å². The fourth-order valence-electron chi connectivity index (χ4n) is 6.12. The molecule has 5 amide bonds. The van der Waals surface area contributed by atoms with E-state index < -0.39 is 54.0 Å². The number of carbonyl (C=O) groups is 6. The van der Waals surface area contributed by atoms with E-state index in [0.717, 1.165) is 4.90 Å². The van der Waals surface area contributed by atoms with E-state index in [4.69, 9.17) is 5.73 Å². The molecule has 0 saturated carbocycles. The van der Waals surface area contributed by atoms with Gasteiger partial charge in [0.05, 0.1) is 19.2 Å². The van der Waals surface area contributed by atoms with Crippen LogP contribution in [0, 0.1) is 0 Å². The molecular weight excluding hydrogens is 500 g/mol. The number of likely N-dealkylation sites (tertiary alicyclic amines) is 4. The van der Waals surface area contributed by atoms with Gasteiger partial charge in [0.2, 0.25) is 29.5 Å². The molecule has 0 aromatic rings. The minimum absolute atomic E-state index is 0.0621. The highest BCUT2D eigenvalue weighted by molar-refractivity contribution is 5.95. The number of hydrogen-bond donors (Lipinski definition) is 4. The zero-order valence-corrected chi connectivity index (χ0v) is 21.3. The second-order valence-electron chi connectivity index (χ2n) is 10.3. The Bertz CT molecular complexity index is 991. The Morgan fingerprint density at radius 1 is 0.737 bits per heavy atom. The number of carbonyl (C=O) groups excluding carboxylic acids is 5. The number of aliphatic carboxylic acids is 1. The molecule has 0 aromatic heterocycles. The fraction of sp³-hybridized carbons (Fsp3) is 0.750. The topological polar surface area (TPSA) is 194 Å². The summed E-state index contributed by atoms with van der Waals surface area (Å²) in [7, 11) is 0. The number of aliphatic hydroxyl groups excluding tert-OH is 1. The van der Waals surface area contributed by atoms with E-state index in [1.165, 1.54) is 14.7 Å². The molecule has 4 saturated heterocycles. The third-order valence-corrected chi connectivity index (χ3v) is 7.99. The number of nitrogens with two attached hydrogens (primary N) is 1. The van der Waals surface area contributed by atoms with Crippen molar-refractivity contribution in [2.45, 2.75) is 75.2 Å². The number of carboxylic acid groups (broad SMARTS) is 1. The summed E-state index contributed by atoms with van der Waals surface area (Å²) in [4.78, 5) is 81.4. The van der Waals surface area contributed by atoms with Crippen molar-refractivity contribution in [3.63, 3.8) is 0 Å². The molecule has 4 heterocycles. The van der Waals surface area contributed by atoms with Gasteiger partial charge in [-0.2, -0.15) is 0 Å². The van der Waals surface area contributed by atoms with E-state index in [1.807, 2.05) is 0 Å². The highest BCUT2D eigenvalue weighted by atomic mass is 16.4. The van der Waals surface area contributed by atoms with Crippen molar-refractivity contribution >= 4 is 35.5 Å². The maximum atomic E-state index is 13.2. The van der Waals surface area contributed by atoms with Crippen molar-refractivity contribution < 1.29 is 39.0 Å². The predicted molar refractivity (Wildman–Crippen MR) is 130 cm³/mol. The molecule has 4 rings (SSSR count). The van der Waals surface area contributed by atoms with Crippen molar-refractivity contribution in [3.8, 4) is 0 Å². The third-order valence-electron chi connectivity index (χ3n) is 7.99. The van der Waals surface area contributed by atoms with Gasteiger partial charge in [-0.15, -0.1) is 0 Å². The number of nitrogens with zero attached hydrogens (tertiary/aromatic N) is 4. The molecule has 0 bridgehead atoms. The molecule has 0 aromatic carbocycles. The molecule has 5 atom stereocenters. The van der Waals surface area contributed by atoms with Crippen molar-refractivity contribution in [1.82, 2.24) is 24.9 Å². The zero-order valence-electron chi connectivity index (χ0n) is 21.3. The summed E-state index contributed by atoms with van der Waals surface area (Å²) in [6.45, 7) is 0.455. The number of carboxylic acids is 1. The summed E-state index contributed by atoms with van der Waals surface area (Å²) in [5.74, 6) is -3.28. The molecule has 14 nitrogen and oxygen atoms in total. The number of nitrogens with one attached hydrogen (secondary N) is 1. The van der Waals surface area contributed by atoms with Gasteiger partial charge < -0.3 is 40.9 Å².